The van der Waals surface area contributed by atoms with Gasteiger partial charge in [0.05, 0.1) is 0 Å². The molecule has 4 N–H and O–H groups in total. The molecule has 0 aliphatic carbocycles. The van der Waals surface area contributed by atoms with E-state index in [2.05, 4.69) is 27.2 Å². The minimum Gasteiger partial charge on any atom is -0.396 e. The second-order valence-electron chi connectivity index (χ2n) is 4.76. The van der Waals surface area contributed by atoms with Gasteiger partial charge in [-0.25, -0.2) is 0 Å². The number of aliphatic hydroxyl groups excluding tert-OH is 1. The quantitative estimate of drug-likeness (QED) is 0.639. The van der Waals surface area contributed by atoms with Crippen molar-refractivity contribution in [2.24, 2.45) is 5.92 Å². The van der Waals surface area contributed by atoms with E-state index in [1.165, 1.54) is 0 Å². The fourth-order valence-corrected chi connectivity index (χ4v) is 1.83. The lowest BCUT2D eigenvalue weighted by Gasteiger charge is -2.16. The van der Waals surface area contributed by atoms with Gasteiger partial charge in [-0.3, -0.25) is 0 Å². The summed E-state index contributed by atoms with van der Waals surface area (Å²) in [6, 6.07) is 0. The highest BCUT2D eigenvalue weighted by Gasteiger charge is 2.10. The lowest BCUT2D eigenvalue weighted by Crippen LogP contribution is -2.20. The molecule has 0 aliphatic rings. The molecule has 7 heteroatoms. The van der Waals surface area contributed by atoms with Gasteiger partial charge < -0.3 is 21.1 Å². The number of nitrogens with one attached hydrogen (secondary N) is 1. The summed E-state index contributed by atoms with van der Waals surface area (Å²) >= 11 is 0. The average molecular weight is 268 g/mol. The van der Waals surface area contributed by atoms with Crippen molar-refractivity contribution in [3.05, 3.63) is 0 Å². The van der Waals surface area contributed by atoms with Crippen LogP contribution in [0.5, 0.6) is 0 Å². The number of nitrogens with zero attached hydrogens (tertiary/aromatic N) is 4. The van der Waals surface area contributed by atoms with Gasteiger partial charge in [0.25, 0.3) is 0 Å². The molecule has 0 saturated carbocycles. The van der Waals surface area contributed by atoms with E-state index in [9.17, 15) is 0 Å². The van der Waals surface area contributed by atoms with E-state index in [1.54, 1.807) is 4.90 Å². The van der Waals surface area contributed by atoms with Crippen molar-refractivity contribution in [1.29, 1.82) is 0 Å². The van der Waals surface area contributed by atoms with E-state index in [1.807, 2.05) is 14.1 Å². The van der Waals surface area contributed by atoms with Crippen LogP contribution in [0.25, 0.3) is 0 Å². The minimum atomic E-state index is 0.203. The Morgan fingerprint density at radius 1 is 1.26 bits per heavy atom. The minimum absolute atomic E-state index is 0.203. The maximum atomic E-state index is 9.03. The maximum Gasteiger partial charge on any atom is 0.231 e. The Balaban J connectivity index is 2.65. The summed E-state index contributed by atoms with van der Waals surface area (Å²) in [5.74, 6) is 1.63. The van der Waals surface area contributed by atoms with Crippen molar-refractivity contribution in [1.82, 2.24) is 15.0 Å². The first kappa shape index (κ1) is 15.4. The number of rotatable bonds is 8. The van der Waals surface area contributed by atoms with E-state index in [-0.39, 0.29) is 12.6 Å². The number of nitrogen functional groups attached to an aromatic ring is 1. The highest BCUT2D eigenvalue weighted by molar-refractivity contribution is 5.40. The van der Waals surface area contributed by atoms with Gasteiger partial charge in [0.2, 0.25) is 17.8 Å². The van der Waals surface area contributed by atoms with E-state index >= 15 is 0 Å². The van der Waals surface area contributed by atoms with Gasteiger partial charge in [-0.05, 0) is 18.8 Å². The van der Waals surface area contributed by atoms with E-state index in [0.717, 1.165) is 25.8 Å². The van der Waals surface area contributed by atoms with Crippen molar-refractivity contribution >= 4 is 17.8 Å². The first-order chi connectivity index (χ1) is 9.06. The molecule has 1 aromatic heterocycles. The lowest BCUT2D eigenvalue weighted by molar-refractivity contribution is 0.255. The average Bonchev–Trinajstić information content (AvgIpc) is 2.36. The molecule has 0 bridgehead atoms. The summed E-state index contributed by atoms with van der Waals surface area (Å²) < 4.78 is 0. The van der Waals surface area contributed by atoms with Crippen LogP contribution in [0.1, 0.15) is 26.2 Å². The molecular formula is C12H24N6O. The van der Waals surface area contributed by atoms with Gasteiger partial charge in [0, 0.05) is 27.2 Å². The molecule has 1 atom stereocenters. The SMILES string of the molecule is CCCC(CCO)CNc1nc(N)nc(N(C)C)n1. The topological polar surface area (TPSA) is 100 Å². The van der Waals surface area contributed by atoms with Crippen molar-refractivity contribution < 1.29 is 5.11 Å². The monoisotopic (exact) mass is 268 g/mol. The summed E-state index contributed by atoms with van der Waals surface area (Å²) in [6.07, 6.45) is 2.94. The zero-order valence-corrected chi connectivity index (χ0v) is 11.9. The molecule has 0 amide bonds. The van der Waals surface area contributed by atoms with Crippen LogP contribution in [-0.2, 0) is 0 Å². The highest BCUT2D eigenvalue weighted by atomic mass is 16.3. The predicted octanol–water partition coefficient (Wildman–Crippen LogP) is 0.730. The number of aromatic nitrogens is 3. The van der Waals surface area contributed by atoms with Gasteiger partial charge in [-0.1, -0.05) is 13.3 Å². The molecule has 1 aromatic rings. The van der Waals surface area contributed by atoms with Crippen LogP contribution in [0.2, 0.25) is 0 Å². The molecule has 1 unspecified atom stereocenters. The van der Waals surface area contributed by atoms with Crippen molar-refractivity contribution in [3.63, 3.8) is 0 Å². The first-order valence-electron chi connectivity index (χ1n) is 6.60. The normalized spacial score (nSPS) is 12.2. The smallest absolute Gasteiger partial charge is 0.231 e. The third kappa shape index (κ3) is 5.25. The fraction of sp³-hybridized carbons (Fsp3) is 0.750. The van der Waals surface area contributed by atoms with E-state index in [4.69, 9.17) is 10.8 Å². The number of hydrogen-bond donors (Lipinski definition) is 3. The Hall–Kier alpha value is -1.63. The summed E-state index contributed by atoms with van der Waals surface area (Å²) in [6.45, 7) is 3.06. The van der Waals surface area contributed by atoms with Crippen LogP contribution in [0.3, 0.4) is 0 Å². The Bertz CT molecular complexity index is 378. The van der Waals surface area contributed by atoms with Gasteiger partial charge >= 0.3 is 0 Å². The molecule has 1 rings (SSSR count). The highest BCUT2D eigenvalue weighted by Crippen LogP contribution is 2.13. The number of nitrogens with two attached hydrogens (primary N) is 1. The van der Waals surface area contributed by atoms with Crippen LogP contribution in [0.4, 0.5) is 17.8 Å². The molecule has 0 aliphatic heterocycles. The van der Waals surface area contributed by atoms with Gasteiger partial charge in [-0.15, -0.1) is 0 Å². The zero-order chi connectivity index (χ0) is 14.3. The van der Waals surface area contributed by atoms with Gasteiger partial charge in [0.15, 0.2) is 0 Å². The van der Waals surface area contributed by atoms with Crippen molar-refractivity contribution in [2.75, 3.05) is 43.2 Å². The molecular weight excluding hydrogens is 244 g/mol. The van der Waals surface area contributed by atoms with Crippen molar-refractivity contribution in [2.45, 2.75) is 26.2 Å². The molecule has 0 saturated heterocycles. The molecule has 0 spiro atoms. The predicted molar refractivity (Wildman–Crippen MR) is 77.2 cm³/mol. The van der Waals surface area contributed by atoms with Gasteiger partial charge in [-0.2, -0.15) is 15.0 Å². The molecule has 0 aromatic carbocycles. The molecule has 0 fully saturated rings. The van der Waals surface area contributed by atoms with E-state index in [0.29, 0.717) is 17.8 Å². The summed E-state index contributed by atoms with van der Waals surface area (Å²) in [5.41, 5.74) is 5.65. The molecule has 108 valence electrons. The zero-order valence-electron chi connectivity index (χ0n) is 11.9. The van der Waals surface area contributed by atoms with Crippen LogP contribution in [0.15, 0.2) is 0 Å². The Morgan fingerprint density at radius 3 is 2.58 bits per heavy atom. The van der Waals surface area contributed by atoms with Crippen LogP contribution in [-0.4, -0.2) is 47.3 Å². The maximum absolute atomic E-state index is 9.03. The second kappa shape index (κ2) is 7.73. The third-order valence-electron chi connectivity index (χ3n) is 2.82. The molecule has 1 heterocycles. The fourth-order valence-electron chi connectivity index (χ4n) is 1.83. The standard InChI is InChI=1S/C12H24N6O/c1-4-5-9(6-7-19)8-14-11-15-10(13)16-12(17-11)18(2)3/h9,19H,4-8H2,1-3H3,(H3,13,14,15,16,17). The number of anilines is 3. The Labute approximate surface area is 114 Å². The first-order valence-corrected chi connectivity index (χ1v) is 6.60. The van der Waals surface area contributed by atoms with Crippen LogP contribution in [0, 0.1) is 5.92 Å². The lowest BCUT2D eigenvalue weighted by atomic mass is 10.0. The second-order valence-corrected chi connectivity index (χ2v) is 4.76. The number of aliphatic hydroxyl groups is 1. The summed E-state index contributed by atoms with van der Waals surface area (Å²) in [4.78, 5) is 14.2. The van der Waals surface area contributed by atoms with Crippen LogP contribution >= 0.6 is 0 Å². The summed E-state index contributed by atoms with van der Waals surface area (Å²) in [5, 5.41) is 12.2. The van der Waals surface area contributed by atoms with E-state index < -0.39 is 0 Å². The van der Waals surface area contributed by atoms with Crippen molar-refractivity contribution in [3.8, 4) is 0 Å². The third-order valence-corrected chi connectivity index (χ3v) is 2.82. The molecule has 19 heavy (non-hydrogen) atoms. The molecule has 7 nitrogen and oxygen atoms in total. The summed E-state index contributed by atoms with van der Waals surface area (Å²) in [7, 11) is 3.70. The largest absolute Gasteiger partial charge is 0.396 e. The van der Waals surface area contributed by atoms with Gasteiger partial charge in [0.1, 0.15) is 0 Å². The molecule has 0 radical (unpaired) electrons. The van der Waals surface area contributed by atoms with Crippen LogP contribution < -0.4 is 16.0 Å². The number of hydrogen-bond acceptors (Lipinski definition) is 7. The Kier molecular flexibility index (Phi) is 6.27. The Morgan fingerprint density at radius 2 is 2.00 bits per heavy atom.